The highest BCUT2D eigenvalue weighted by molar-refractivity contribution is 7.99. The molecule has 1 unspecified atom stereocenters. The molecule has 84 valence electrons. The molecule has 0 saturated carbocycles. The monoisotopic (exact) mass is 244 g/mol. The van der Waals surface area contributed by atoms with E-state index in [1.807, 2.05) is 24.8 Å². The number of halogens is 1. The van der Waals surface area contributed by atoms with Crippen LogP contribution in [0.2, 0.25) is 0 Å². The Morgan fingerprint density at radius 3 is 2.80 bits per heavy atom. The molecule has 0 bridgehead atoms. The Kier molecular flexibility index (Phi) is 5.40. The summed E-state index contributed by atoms with van der Waals surface area (Å²) >= 11 is 7.65. The van der Waals surface area contributed by atoms with Crippen LogP contribution in [0.3, 0.4) is 0 Å². The minimum absolute atomic E-state index is 0.463. The van der Waals surface area contributed by atoms with Crippen LogP contribution in [0, 0.1) is 6.92 Å². The molecule has 0 fully saturated rings. The standard InChI is InChI=1S/C11H17ClN2S/c1-4-9(3)15-7-11-13-8(2)5-10(6-12)14-11/h5,9H,4,6-7H2,1-3H3. The van der Waals surface area contributed by atoms with Crippen molar-refractivity contribution in [3.8, 4) is 0 Å². The van der Waals surface area contributed by atoms with E-state index in [4.69, 9.17) is 11.6 Å². The van der Waals surface area contributed by atoms with Crippen molar-refractivity contribution < 1.29 is 0 Å². The van der Waals surface area contributed by atoms with Gasteiger partial charge < -0.3 is 0 Å². The molecule has 0 radical (unpaired) electrons. The zero-order valence-electron chi connectivity index (χ0n) is 9.46. The fraction of sp³-hybridized carbons (Fsp3) is 0.636. The van der Waals surface area contributed by atoms with Crippen LogP contribution in [0.25, 0.3) is 0 Å². The molecule has 0 aliphatic carbocycles. The third-order valence-corrected chi connectivity index (χ3v) is 3.76. The van der Waals surface area contributed by atoms with Crippen molar-refractivity contribution in [2.45, 2.75) is 44.1 Å². The van der Waals surface area contributed by atoms with E-state index in [-0.39, 0.29) is 0 Å². The van der Waals surface area contributed by atoms with E-state index in [1.165, 1.54) is 6.42 Å². The van der Waals surface area contributed by atoms with Crippen molar-refractivity contribution in [2.24, 2.45) is 0 Å². The van der Waals surface area contributed by atoms with Gasteiger partial charge in [-0.1, -0.05) is 13.8 Å². The lowest BCUT2D eigenvalue weighted by molar-refractivity contribution is 0.896. The molecule has 0 N–H and O–H groups in total. The molecule has 1 aromatic heterocycles. The number of hydrogen-bond donors (Lipinski definition) is 0. The number of aromatic nitrogens is 2. The number of thioether (sulfide) groups is 1. The average molecular weight is 245 g/mol. The third-order valence-electron chi connectivity index (χ3n) is 2.16. The van der Waals surface area contributed by atoms with Crippen molar-refractivity contribution in [3.05, 3.63) is 23.3 Å². The van der Waals surface area contributed by atoms with Gasteiger partial charge in [-0.25, -0.2) is 9.97 Å². The summed E-state index contributed by atoms with van der Waals surface area (Å²) < 4.78 is 0. The minimum Gasteiger partial charge on any atom is -0.237 e. The summed E-state index contributed by atoms with van der Waals surface area (Å²) in [7, 11) is 0. The number of rotatable bonds is 5. The molecule has 2 nitrogen and oxygen atoms in total. The molecule has 1 aromatic rings. The first-order chi connectivity index (χ1) is 7.15. The molecule has 1 rings (SSSR count). The van der Waals surface area contributed by atoms with Crippen LogP contribution in [0.4, 0.5) is 0 Å². The Labute approximate surface area is 101 Å². The van der Waals surface area contributed by atoms with Gasteiger partial charge in [0.15, 0.2) is 0 Å². The molecule has 0 aliphatic heterocycles. The number of nitrogens with zero attached hydrogens (tertiary/aromatic N) is 2. The van der Waals surface area contributed by atoms with E-state index in [2.05, 4.69) is 23.8 Å². The van der Waals surface area contributed by atoms with Crippen LogP contribution in [0.15, 0.2) is 6.07 Å². The number of aryl methyl sites for hydroxylation is 1. The van der Waals surface area contributed by atoms with Crippen LogP contribution in [-0.4, -0.2) is 15.2 Å². The lowest BCUT2D eigenvalue weighted by Gasteiger charge is -2.08. The molecule has 1 atom stereocenters. The minimum atomic E-state index is 0.463. The van der Waals surface area contributed by atoms with Crippen molar-refractivity contribution in [1.29, 1.82) is 0 Å². The predicted octanol–water partition coefficient (Wildman–Crippen LogP) is 3.56. The van der Waals surface area contributed by atoms with Crippen LogP contribution >= 0.6 is 23.4 Å². The number of hydrogen-bond acceptors (Lipinski definition) is 3. The highest BCUT2D eigenvalue weighted by Crippen LogP contribution is 2.18. The quantitative estimate of drug-likeness (QED) is 0.741. The van der Waals surface area contributed by atoms with Crippen molar-refractivity contribution in [1.82, 2.24) is 9.97 Å². The van der Waals surface area contributed by atoms with Gasteiger partial charge in [-0.3, -0.25) is 0 Å². The zero-order valence-corrected chi connectivity index (χ0v) is 11.0. The molecule has 0 amide bonds. The molecule has 0 spiro atoms. The van der Waals surface area contributed by atoms with E-state index >= 15 is 0 Å². The van der Waals surface area contributed by atoms with Crippen LogP contribution in [0.1, 0.15) is 37.5 Å². The predicted molar refractivity (Wildman–Crippen MR) is 67.4 cm³/mol. The van der Waals surface area contributed by atoms with Gasteiger partial charge >= 0.3 is 0 Å². The smallest absolute Gasteiger partial charge is 0.138 e. The molecular formula is C11H17ClN2S. The average Bonchev–Trinajstić information content (AvgIpc) is 2.25. The van der Waals surface area contributed by atoms with E-state index < -0.39 is 0 Å². The highest BCUT2D eigenvalue weighted by atomic mass is 35.5. The normalized spacial score (nSPS) is 12.8. The van der Waals surface area contributed by atoms with E-state index in [1.54, 1.807) is 0 Å². The highest BCUT2D eigenvalue weighted by Gasteiger charge is 2.04. The summed E-state index contributed by atoms with van der Waals surface area (Å²) in [6.45, 7) is 6.40. The Hall–Kier alpha value is -0.280. The molecule has 0 aromatic carbocycles. The topological polar surface area (TPSA) is 25.8 Å². The van der Waals surface area contributed by atoms with Gasteiger partial charge in [0.25, 0.3) is 0 Å². The number of alkyl halides is 1. The second-order valence-electron chi connectivity index (χ2n) is 3.58. The largest absolute Gasteiger partial charge is 0.237 e. The van der Waals surface area contributed by atoms with Crippen LogP contribution in [0.5, 0.6) is 0 Å². The molecule has 0 aliphatic rings. The molecule has 1 heterocycles. The zero-order chi connectivity index (χ0) is 11.3. The first-order valence-corrected chi connectivity index (χ1v) is 6.75. The van der Waals surface area contributed by atoms with Gasteiger partial charge in [-0.2, -0.15) is 11.8 Å². The van der Waals surface area contributed by atoms with Crippen LogP contribution in [-0.2, 0) is 11.6 Å². The Morgan fingerprint density at radius 1 is 1.47 bits per heavy atom. The van der Waals surface area contributed by atoms with Gasteiger partial charge in [0.05, 0.1) is 17.3 Å². The SMILES string of the molecule is CCC(C)SCc1nc(C)cc(CCl)n1. The summed E-state index contributed by atoms with van der Waals surface area (Å²) in [5.41, 5.74) is 1.92. The lowest BCUT2D eigenvalue weighted by atomic mass is 10.3. The van der Waals surface area contributed by atoms with E-state index in [0.717, 1.165) is 23.0 Å². The molecule has 15 heavy (non-hydrogen) atoms. The molecular weight excluding hydrogens is 228 g/mol. The molecule has 4 heteroatoms. The van der Waals surface area contributed by atoms with Gasteiger partial charge in [0, 0.05) is 10.9 Å². The summed E-state index contributed by atoms with van der Waals surface area (Å²) in [5, 5.41) is 0.661. The van der Waals surface area contributed by atoms with E-state index in [0.29, 0.717) is 11.1 Å². The second-order valence-corrected chi connectivity index (χ2v) is 5.27. The molecule has 0 saturated heterocycles. The van der Waals surface area contributed by atoms with Crippen molar-refractivity contribution in [3.63, 3.8) is 0 Å². The fourth-order valence-electron chi connectivity index (χ4n) is 1.17. The Bertz CT molecular complexity index is 317. The van der Waals surface area contributed by atoms with Gasteiger partial charge in [0.1, 0.15) is 5.82 Å². The van der Waals surface area contributed by atoms with Gasteiger partial charge in [-0.15, -0.1) is 11.6 Å². The lowest BCUT2D eigenvalue weighted by Crippen LogP contribution is -2.01. The van der Waals surface area contributed by atoms with Gasteiger partial charge in [-0.05, 0) is 19.4 Å². The summed E-state index contributed by atoms with van der Waals surface area (Å²) in [4.78, 5) is 8.79. The summed E-state index contributed by atoms with van der Waals surface area (Å²) in [6, 6.07) is 1.93. The van der Waals surface area contributed by atoms with Crippen molar-refractivity contribution in [2.75, 3.05) is 0 Å². The first-order valence-electron chi connectivity index (χ1n) is 5.16. The maximum absolute atomic E-state index is 5.76. The van der Waals surface area contributed by atoms with E-state index in [9.17, 15) is 0 Å². The Morgan fingerprint density at radius 2 is 2.20 bits per heavy atom. The van der Waals surface area contributed by atoms with Crippen LogP contribution < -0.4 is 0 Å². The van der Waals surface area contributed by atoms with Crippen molar-refractivity contribution >= 4 is 23.4 Å². The third kappa shape index (κ3) is 4.39. The van der Waals surface area contributed by atoms with Gasteiger partial charge in [0.2, 0.25) is 0 Å². The first kappa shape index (κ1) is 12.8. The maximum Gasteiger partial charge on any atom is 0.138 e. The fourth-order valence-corrected chi connectivity index (χ4v) is 2.10. The maximum atomic E-state index is 5.76. The Balaban J connectivity index is 2.64. The second kappa shape index (κ2) is 6.33. The summed E-state index contributed by atoms with van der Waals surface area (Å²) in [6.07, 6.45) is 1.18. The summed E-state index contributed by atoms with van der Waals surface area (Å²) in [5.74, 6) is 2.24.